The molecule has 0 bridgehead atoms. The first-order chi connectivity index (χ1) is 12.4. The molecular formula is C21H32N4O. The topological polar surface area (TPSA) is 50.2 Å². The van der Waals surface area contributed by atoms with E-state index < -0.39 is 0 Å². The Bertz CT molecular complexity index is 635. The highest BCUT2D eigenvalue weighted by atomic mass is 16.2. The smallest absolute Gasteiger partial charge is 0.321 e. The molecule has 1 aromatic heterocycles. The van der Waals surface area contributed by atoms with Gasteiger partial charge in [-0.25, -0.2) is 9.78 Å². The summed E-state index contributed by atoms with van der Waals surface area (Å²) in [5.41, 5.74) is 2.01. The number of nitrogens with zero attached hydrogens (tertiary/aromatic N) is 3. The minimum absolute atomic E-state index is 0.00587. The summed E-state index contributed by atoms with van der Waals surface area (Å²) >= 11 is 0. The Balaban J connectivity index is 1.93. The molecule has 1 aromatic carbocycles. The van der Waals surface area contributed by atoms with Crippen molar-refractivity contribution in [3.05, 3.63) is 48.5 Å². The summed E-state index contributed by atoms with van der Waals surface area (Å²) in [4.78, 5) is 18.7. The number of nitrogens with one attached hydrogen (secondary N) is 1. The van der Waals surface area contributed by atoms with E-state index in [0.717, 1.165) is 38.2 Å². The molecule has 0 atom stereocenters. The molecule has 0 aliphatic heterocycles. The highest BCUT2D eigenvalue weighted by Crippen LogP contribution is 2.13. The average molecular weight is 357 g/mol. The van der Waals surface area contributed by atoms with Crippen molar-refractivity contribution in [2.45, 2.75) is 47.1 Å². The molecule has 2 aromatic rings. The van der Waals surface area contributed by atoms with Gasteiger partial charge in [-0.2, -0.15) is 0 Å². The summed E-state index contributed by atoms with van der Waals surface area (Å²) in [6, 6.07) is 8.01. The zero-order valence-electron chi connectivity index (χ0n) is 16.5. The van der Waals surface area contributed by atoms with Gasteiger partial charge >= 0.3 is 6.03 Å². The predicted molar refractivity (Wildman–Crippen MR) is 107 cm³/mol. The number of amides is 2. The molecule has 2 amide bonds. The Morgan fingerprint density at radius 3 is 2.19 bits per heavy atom. The van der Waals surface area contributed by atoms with E-state index in [1.807, 2.05) is 39.9 Å². The summed E-state index contributed by atoms with van der Waals surface area (Å²) < 4.78 is 2.02. The van der Waals surface area contributed by atoms with Gasteiger partial charge in [-0.3, -0.25) is 0 Å². The summed E-state index contributed by atoms with van der Waals surface area (Å²) in [5, 5.41) is 3.04. The largest absolute Gasteiger partial charge is 0.333 e. The third-order valence-corrected chi connectivity index (χ3v) is 4.37. The first kappa shape index (κ1) is 20.0. The molecule has 0 aliphatic carbocycles. The van der Waals surface area contributed by atoms with Crippen molar-refractivity contribution in [2.24, 2.45) is 11.8 Å². The van der Waals surface area contributed by atoms with Crippen LogP contribution < -0.4 is 5.32 Å². The van der Waals surface area contributed by atoms with Crippen LogP contribution in [0, 0.1) is 11.8 Å². The van der Waals surface area contributed by atoms with E-state index in [0.29, 0.717) is 11.8 Å². The van der Waals surface area contributed by atoms with Gasteiger partial charge in [0.2, 0.25) is 0 Å². The van der Waals surface area contributed by atoms with Crippen LogP contribution in [0.25, 0.3) is 0 Å². The highest BCUT2D eigenvalue weighted by molar-refractivity contribution is 5.89. The van der Waals surface area contributed by atoms with Crippen molar-refractivity contribution < 1.29 is 4.79 Å². The van der Waals surface area contributed by atoms with Gasteiger partial charge in [-0.15, -0.1) is 0 Å². The van der Waals surface area contributed by atoms with Gasteiger partial charge in [0.05, 0.1) is 6.33 Å². The molecule has 1 heterocycles. The quantitative estimate of drug-likeness (QED) is 0.698. The van der Waals surface area contributed by atoms with Gasteiger partial charge in [0, 0.05) is 37.7 Å². The van der Waals surface area contributed by atoms with Crippen LogP contribution in [0.2, 0.25) is 0 Å². The van der Waals surface area contributed by atoms with Crippen LogP contribution >= 0.6 is 0 Å². The number of rotatable bonds is 9. The maximum absolute atomic E-state index is 12.7. The molecule has 5 heteroatoms. The van der Waals surface area contributed by atoms with Crippen molar-refractivity contribution in [1.82, 2.24) is 14.5 Å². The summed E-state index contributed by atoms with van der Waals surface area (Å²) in [6.07, 6.45) is 7.57. The summed E-state index contributed by atoms with van der Waals surface area (Å²) in [5.74, 6) is 1.18. The van der Waals surface area contributed by atoms with E-state index in [-0.39, 0.29) is 6.03 Å². The van der Waals surface area contributed by atoms with Crippen LogP contribution in [-0.2, 0) is 6.54 Å². The number of imidazole rings is 1. The van der Waals surface area contributed by atoms with Gasteiger partial charge in [0.25, 0.3) is 0 Å². The normalized spacial score (nSPS) is 11.2. The van der Waals surface area contributed by atoms with Crippen LogP contribution in [0.15, 0.2) is 43.0 Å². The van der Waals surface area contributed by atoms with Gasteiger partial charge in [-0.05, 0) is 42.4 Å². The molecule has 142 valence electrons. The number of urea groups is 1. The van der Waals surface area contributed by atoms with Crippen LogP contribution in [0.4, 0.5) is 10.5 Å². The van der Waals surface area contributed by atoms with E-state index in [1.165, 1.54) is 5.56 Å². The van der Waals surface area contributed by atoms with E-state index in [9.17, 15) is 4.79 Å². The Hall–Kier alpha value is -2.30. The lowest BCUT2D eigenvalue weighted by molar-refractivity contribution is 0.205. The molecule has 0 radical (unpaired) electrons. The zero-order chi connectivity index (χ0) is 18.9. The maximum atomic E-state index is 12.7. The average Bonchev–Trinajstić information content (AvgIpc) is 3.09. The first-order valence-electron chi connectivity index (χ1n) is 9.54. The second-order valence-electron chi connectivity index (χ2n) is 7.71. The minimum atomic E-state index is -0.00587. The second-order valence-corrected chi connectivity index (χ2v) is 7.71. The standard InChI is InChI=1S/C21H32N4O/c1-17(2)9-12-25(13-10-18(3)4)21(26)23-20-7-5-19(6-8-20)15-24-14-11-22-16-24/h5-8,11,14,16-18H,9-10,12-13,15H2,1-4H3,(H,23,26). The minimum Gasteiger partial charge on any atom is -0.333 e. The van der Waals surface area contributed by atoms with Gasteiger partial charge in [-0.1, -0.05) is 39.8 Å². The monoisotopic (exact) mass is 356 g/mol. The van der Waals surface area contributed by atoms with Crippen LogP contribution in [0.1, 0.15) is 46.1 Å². The maximum Gasteiger partial charge on any atom is 0.321 e. The van der Waals surface area contributed by atoms with Crippen LogP contribution in [0.5, 0.6) is 0 Å². The fraction of sp³-hybridized carbons (Fsp3) is 0.524. The molecule has 0 saturated carbocycles. The molecule has 26 heavy (non-hydrogen) atoms. The van der Waals surface area contributed by atoms with E-state index >= 15 is 0 Å². The molecule has 0 fully saturated rings. The van der Waals surface area contributed by atoms with Gasteiger partial charge in [0.15, 0.2) is 0 Å². The third-order valence-electron chi connectivity index (χ3n) is 4.37. The number of anilines is 1. The Labute approximate surface area is 157 Å². The lowest BCUT2D eigenvalue weighted by Crippen LogP contribution is -2.37. The zero-order valence-corrected chi connectivity index (χ0v) is 16.5. The van der Waals surface area contributed by atoms with E-state index in [2.05, 4.69) is 38.0 Å². The number of aromatic nitrogens is 2. The van der Waals surface area contributed by atoms with E-state index in [4.69, 9.17) is 0 Å². The number of benzene rings is 1. The van der Waals surface area contributed by atoms with Crippen molar-refractivity contribution >= 4 is 11.7 Å². The molecular weight excluding hydrogens is 324 g/mol. The van der Waals surface area contributed by atoms with Crippen molar-refractivity contribution in [3.8, 4) is 0 Å². The SMILES string of the molecule is CC(C)CCN(CCC(C)C)C(=O)Nc1ccc(Cn2ccnc2)cc1. The number of hydrogen-bond donors (Lipinski definition) is 1. The lowest BCUT2D eigenvalue weighted by Gasteiger charge is -2.25. The Morgan fingerprint density at radius 2 is 1.69 bits per heavy atom. The molecule has 0 unspecified atom stereocenters. The summed E-state index contributed by atoms with van der Waals surface area (Å²) in [6.45, 7) is 11.1. The molecule has 0 aliphatic rings. The third kappa shape index (κ3) is 6.90. The van der Waals surface area contributed by atoms with Crippen molar-refractivity contribution in [2.75, 3.05) is 18.4 Å². The first-order valence-corrected chi connectivity index (χ1v) is 9.54. The second kappa shape index (κ2) is 10.00. The van der Waals surface area contributed by atoms with Crippen LogP contribution in [0.3, 0.4) is 0 Å². The lowest BCUT2D eigenvalue weighted by atomic mass is 10.1. The van der Waals surface area contributed by atoms with E-state index in [1.54, 1.807) is 12.5 Å². The number of carbonyl (C=O) groups excluding carboxylic acids is 1. The molecule has 0 saturated heterocycles. The fourth-order valence-electron chi connectivity index (χ4n) is 2.63. The highest BCUT2D eigenvalue weighted by Gasteiger charge is 2.14. The molecule has 2 rings (SSSR count). The molecule has 5 nitrogen and oxygen atoms in total. The number of hydrogen-bond acceptors (Lipinski definition) is 2. The molecule has 1 N–H and O–H groups in total. The van der Waals surface area contributed by atoms with Gasteiger partial charge in [0.1, 0.15) is 0 Å². The van der Waals surface area contributed by atoms with Crippen molar-refractivity contribution in [3.63, 3.8) is 0 Å². The molecule has 0 spiro atoms. The van der Waals surface area contributed by atoms with Gasteiger partial charge < -0.3 is 14.8 Å². The van der Waals surface area contributed by atoms with Crippen LogP contribution in [-0.4, -0.2) is 33.6 Å². The predicted octanol–water partition coefficient (Wildman–Crippen LogP) is 4.86. The Kier molecular flexibility index (Phi) is 7.70. The fourth-order valence-corrected chi connectivity index (χ4v) is 2.63. The number of carbonyl (C=O) groups is 1. The Morgan fingerprint density at radius 1 is 1.08 bits per heavy atom. The summed E-state index contributed by atoms with van der Waals surface area (Å²) in [7, 11) is 0. The van der Waals surface area contributed by atoms with Crippen molar-refractivity contribution in [1.29, 1.82) is 0 Å².